The second-order valence-electron chi connectivity index (χ2n) is 4.24. The number of fused-ring (bicyclic) bond motifs is 1. The van der Waals surface area contributed by atoms with Gasteiger partial charge in [-0.3, -0.25) is 5.10 Å². The molecule has 0 radical (unpaired) electrons. The number of hydrogen-bond donors (Lipinski definition) is 2. The lowest BCUT2D eigenvalue weighted by molar-refractivity contribution is 1.12. The molecule has 3 nitrogen and oxygen atoms in total. The van der Waals surface area contributed by atoms with Crippen LogP contribution in [0.5, 0.6) is 0 Å². The van der Waals surface area contributed by atoms with Crippen LogP contribution in [0, 0.1) is 0 Å². The fourth-order valence-electron chi connectivity index (χ4n) is 1.93. The van der Waals surface area contributed by atoms with Crippen LogP contribution >= 0.6 is 23.2 Å². The van der Waals surface area contributed by atoms with Crippen molar-refractivity contribution < 1.29 is 0 Å². The van der Waals surface area contributed by atoms with Crippen molar-refractivity contribution in [3.05, 3.63) is 58.2 Å². The molecule has 0 saturated carbocycles. The van der Waals surface area contributed by atoms with Gasteiger partial charge in [-0.15, -0.1) is 0 Å². The third-order valence-electron chi connectivity index (χ3n) is 2.95. The van der Waals surface area contributed by atoms with E-state index in [2.05, 4.69) is 15.5 Å². The number of H-pyrrole nitrogens is 1. The van der Waals surface area contributed by atoms with E-state index in [4.69, 9.17) is 23.2 Å². The Labute approximate surface area is 120 Å². The number of benzene rings is 2. The van der Waals surface area contributed by atoms with Gasteiger partial charge in [0.25, 0.3) is 0 Å². The lowest BCUT2D eigenvalue weighted by Crippen LogP contribution is -2.00. The van der Waals surface area contributed by atoms with Crippen LogP contribution in [-0.2, 0) is 6.54 Å². The Morgan fingerprint density at radius 1 is 1.16 bits per heavy atom. The van der Waals surface area contributed by atoms with Gasteiger partial charge in [0.15, 0.2) is 0 Å². The quantitative estimate of drug-likeness (QED) is 0.747. The minimum atomic E-state index is 0.575. The van der Waals surface area contributed by atoms with Crippen molar-refractivity contribution >= 4 is 39.8 Å². The molecule has 0 atom stereocenters. The summed E-state index contributed by atoms with van der Waals surface area (Å²) in [6.07, 6.45) is 1.80. The molecule has 0 amide bonds. The Morgan fingerprint density at radius 3 is 2.95 bits per heavy atom. The van der Waals surface area contributed by atoms with E-state index in [1.165, 1.54) is 0 Å². The summed E-state index contributed by atoms with van der Waals surface area (Å²) in [5, 5.41) is 12.5. The molecule has 96 valence electrons. The van der Waals surface area contributed by atoms with Crippen molar-refractivity contribution in [1.29, 1.82) is 0 Å². The second kappa shape index (κ2) is 5.11. The van der Waals surface area contributed by atoms with E-state index in [1.807, 2.05) is 30.3 Å². The van der Waals surface area contributed by atoms with Gasteiger partial charge in [0.2, 0.25) is 0 Å². The van der Waals surface area contributed by atoms with Crippen LogP contribution in [0.4, 0.5) is 5.69 Å². The molecule has 2 N–H and O–H groups in total. The van der Waals surface area contributed by atoms with E-state index in [1.54, 1.807) is 12.3 Å². The second-order valence-corrected chi connectivity index (χ2v) is 5.02. The zero-order valence-corrected chi connectivity index (χ0v) is 11.5. The molecule has 2 aromatic carbocycles. The molecule has 1 aromatic heterocycles. The first kappa shape index (κ1) is 12.3. The number of hydrogen-bond acceptors (Lipinski definition) is 2. The topological polar surface area (TPSA) is 40.7 Å². The third kappa shape index (κ3) is 2.53. The summed E-state index contributed by atoms with van der Waals surface area (Å²) in [6.45, 7) is 0.628. The van der Waals surface area contributed by atoms with Crippen molar-refractivity contribution in [3.8, 4) is 0 Å². The summed E-state index contributed by atoms with van der Waals surface area (Å²) >= 11 is 12.1. The Hall–Kier alpha value is -1.71. The maximum atomic E-state index is 6.15. The van der Waals surface area contributed by atoms with E-state index in [-0.39, 0.29) is 0 Å². The molecule has 3 rings (SSSR count). The SMILES string of the molecule is Clc1cccc(CNc2ccc3[nH]ncc3c2)c1Cl. The van der Waals surface area contributed by atoms with Gasteiger partial charge in [-0.05, 0) is 29.8 Å². The Bertz CT molecular complexity index is 722. The van der Waals surface area contributed by atoms with Gasteiger partial charge in [0.1, 0.15) is 0 Å². The number of nitrogens with zero attached hydrogens (tertiary/aromatic N) is 1. The summed E-state index contributed by atoms with van der Waals surface area (Å²) < 4.78 is 0. The predicted molar refractivity (Wildman–Crippen MR) is 79.9 cm³/mol. The van der Waals surface area contributed by atoms with Crippen LogP contribution in [0.3, 0.4) is 0 Å². The molecule has 0 aliphatic heterocycles. The molecule has 0 bridgehead atoms. The Balaban J connectivity index is 1.80. The molecule has 0 spiro atoms. The van der Waals surface area contributed by atoms with E-state index >= 15 is 0 Å². The van der Waals surface area contributed by atoms with Gasteiger partial charge in [0.05, 0.1) is 21.8 Å². The van der Waals surface area contributed by atoms with E-state index in [9.17, 15) is 0 Å². The molecule has 0 unspecified atom stereocenters. The number of rotatable bonds is 3. The van der Waals surface area contributed by atoms with Crippen LogP contribution in [0.1, 0.15) is 5.56 Å². The fourth-order valence-corrected chi connectivity index (χ4v) is 2.32. The summed E-state index contributed by atoms with van der Waals surface area (Å²) in [4.78, 5) is 0. The number of nitrogens with one attached hydrogen (secondary N) is 2. The van der Waals surface area contributed by atoms with Crippen LogP contribution in [0.25, 0.3) is 10.9 Å². The van der Waals surface area contributed by atoms with Gasteiger partial charge in [-0.2, -0.15) is 5.10 Å². The van der Waals surface area contributed by atoms with E-state index < -0.39 is 0 Å². The molecule has 0 aliphatic carbocycles. The lowest BCUT2D eigenvalue weighted by Gasteiger charge is -2.09. The Kier molecular flexibility index (Phi) is 3.32. The number of anilines is 1. The first-order chi connectivity index (χ1) is 9.24. The summed E-state index contributed by atoms with van der Waals surface area (Å²) in [5.41, 5.74) is 3.01. The van der Waals surface area contributed by atoms with Crippen LogP contribution in [0.15, 0.2) is 42.6 Å². The third-order valence-corrected chi connectivity index (χ3v) is 3.81. The molecular formula is C14H11Cl2N3. The van der Waals surface area contributed by atoms with Crippen molar-refractivity contribution in [1.82, 2.24) is 10.2 Å². The zero-order chi connectivity index (χ0) is 13.2. The largest absolute Gasteiger partial charge is 0.381 e. The molecule has 5 heteroatoms. The maximum absolute atomic E-state index is 6.15. The maximum Gasteiger partial charge on any atom is 0.0651 e. The first-order valence-electron chi connectivity index (χ1n) is 5.84. The average Bonchev–Trinajstić information content (AvgIpc) is 2.88. The van der Waals surface area contributed by atoms with Crippen molar-refractivity contribution in [3.63, 3.8) is 0 Å². The summed E-state index contributed by atoms with van der Waals surface area (Å²) in [6, 6.07) is 11.7. The molecule has 0 saturated heterocycles. The monoisotopic (exact) mass is 291 g/mol. The smallest absolute Gasteiger partial charge is 0.0651 e. The van der Waals surface area contributed by atoms with Gasteiger partial charge in [-0.1, -0.05) is 35.3 Å². The highest BCUT2D eigenvalue weighted by Gasteiger charge is 2.04. The zero-order valence-electron chi connectivity index (χ0n) is 9.95. The van der Waals surface area contributed by atoms with Crippen molar-refractivity contribution in [2.45, 2.75) is 6.54 Å². The van der Waals surface area contributed by atoms with Crippen LogP contribution < -0.4 is 5.32 Å². The Morgan fingerprint density at radius 2 is 2.05 bits per heavy atom. The normalized spacial score (nSPS) is 10.8. The molecule has 0 fully saturated rings. The highest BCUT2D eigenvalue weighted by atomic mass is 35.5. The highest BCUT2D eigenvalue weighted by Crippen LogP contribution is 2.26. The molecule has 19 heavy (non-hydrogen) atoms. The summed E-state index contributed by atoms with van der Waals surface area (Å²) in [5.74, 6) is 0. The minimum Gasteiger partial charge on any atom is -0.381 e. The standard InChI is InChI=1S/C14H11Cl2N3/c15-12-3-1-2-9(14(12)16)7-17-11-4-5-13-10(6-11)8-18-19-13/h1-6,8,17H,7H2,(H,18,19). The van der Waals surface area contributed by atoms with Gasteiger partial charge in [0, 0.05) is 17.6 Å². The molecule has 1 heterocycles. The van der Waals surface area contributed by atoms with E-state index in [0.29, 0.717) is 16.6 Å². The number of aromatic nitrogens is 2. The fraction of sp³-hybridized carbons (Fsp3) is 0.0714. The average molecular weight is 292 g/mol. The first-order valence-corrected chi connectivity index (χ1v) is 6.59. The predicted octanol–water partition coefficient (Wildman–Crippen LogP) is 4.48. The van der Waals surface area contributed by atoms with Gasteiger partial charge in [-0.25, -0.2) is 0 Å². The molecule has 3 aromatic rings. The highest BCUT2D eigenvalue weighted by molar-refractivity contribution is 6.42. The van der Waals surface area contributed by atoms with E-state index in [0.717, 1.165) is 22.2 Å². The molecule has 0 aliphatic rings. The van der Waals surface area contributed by atoms with Gasteiger partial charge >= 0.3 is 0 Å². The number of halogens is 2. The van der Waals surface area contributed by atoms with Crippen molar-refractivity contribution in [2.75, 3.05) is 5.32 Å². The van der Waals surface area contributed by atoms with Crippen LogP contribution in [-0.4, -0.2) is 10.2 Å². The summed E-state index contributed by atoms with van der Waals surface area (Å²) in [7, 11) is 0. The number of aromatic amines is 1. The lowest BCUT2D eigenvalue weighted by atomic mass is 10.2. The molecular weight excluding hydrogens is 281 g/mol. The van der Waals surface area contributed by atoms with Gasteiger partial charge < -0.3 is 5.32 Å². The van der Waals surface area contributed by atoms with Crippen molar-refractivity contribution in [2.24, 2.45) is 0 Å². The van der Waals surface area contributed by atoms with Crippen LogP contribution in [0.2, 0.25) is 10.0 Å². The minimum absolute atomic E-state index is 0.575.